The molecule has 31 heavy (non-hydrogen) atoms. The Balaban J connectivity index is 1.48. The van der Waals surface area contributed by atoms with E-state index in [2.05, 4.69) is 43.0 Å². The average molecular weight is 423 g/mol. The first-order chi connectivity index (χ1) is 15.1. The Hall–Kier alpha value is -2.71. The van der Waals surface area contributed by atoms with Gasteiger partial charge in [-0.15, -0.1) is 0 Å². The smallest absolute Gasteiger partial charge is 0.224 e. The van der Waals surface area contributed by atoms with Gasteiger partial charge >= 0.3 is 0 Å². The highest BCUT2D eigenvalue weighted by atomic mass is 15.2. The molecule has 6 N–H and O–H groups in total. The fourth-order valence-corrected chi connectivity index (χ4v) is 4.37. The van der Waals surface area contributed by atoms with Gasteiger partial charge in [0.15, 0.2) is 0 Å². The number of rotatable bonds is 7. The topological polar surface area (TPSA) is 115 Å². The van der Waals surface area contributed by atoms with Gasteiger partial charge in [0.2, 0.25) is 5.95 Å². The molecule has 166 valence electrons. The number of benzene rings is 1. The molecule has 1 saturated heterocycles. The molecule has 0 atom stereocenters. The zero-order valence-corrected chi connectivity index (χ0v) is 18.3. The van der Waals surface area contributed by atoms with Crippen LogP contribution in [0.5, 0.6) is 0 Å². The van der Waals surface area contributed by atoms with Gasteiger partial charge in [0, 0.05) is 63.3 Å². The molecule has 0 radical (unpaired) electrons. The van der Waals surface area contributed by atoms with Crippen LogP contribution in [0.2, 0.25) is 0 Å². The summed E-state index contributed by atoms with van der Waals surface area (Å²) in [7, 11) is 1.81. The van der Waals surface area contributed by atoms with Crippen LogP contribution in [0.25, 0.3) is 0 Å². The van der Waals surface area contributed by atoms with Gasteiger partial charge in [0.25, 0.3) is 0 Å². The summed E-state index contributed by atoms with van der Waals surface area (Å²) in [6, 6.07) is 8.61. The molecule has 1 aromatic heterocycles. The van der Waals surface area contributed by atoms with Crippen LogP contribution in [0.3, 0.4) is 0 Å². The molecule has 1 aliphatic carbocycles. The maximum absolute atomic E-state index is 8.82. The molecular formula is C23H34N8. The van der Waals surface area contributed by atoms with Crippen LogP contribution in [-0.2, 0) is 0 Å². The monoisotopic (exact) mass is 422 g/mol. The molecule has 0 amide bonds. The molecule has 0 bridgehead atoms. The minimum absolute atomic E-state index is 0.346. The van der Waals surface area contributed by atoms with Crippen molar-refractivity contribution >= 4 is 23.2 Å². The number of piperazine rings is 1. The van der Waals surface area contributed by atoms with Crippen LogP contribution in [0.1, 0.15) is 36.8 Å². The number of nitrogens with zero attached hydrogens (tertiary/aromatic N) is 3. The van der Waals surface area contributed by atoms with E-state index < -0.39 is 0 Å². The van der Waals surface area contributed by atoms with Crippen molar-refractivity contribution in [1.82, 2.24) is 15.3 Å². The third kappa shape index (κ3) is 5.32. The lowest BCUT2D eigenvalue weighted by molar-refractivity contribution is 0.338. The van der Waals surface area contributed by atoms with Crippen LogP contribution in [0.15, 0.2) is 30.5 Å². The van der Waals surface area contributed by atoms with Gasteiger partial charge in [-0.3, -0.25) is 5.41 Å². The van der Waals surface area contributed by atoms with E-state index in [1.54, 1.807) is 6.20 Å². The highest BCUT2D eigenvalue weighted by Crippen LogP contribution is 2.25. The number of hydrogen-bond acceptors (Lipinski definition) is 8. The van der Waals surface area contributed by atoms with Crippen molar-refractivity contribution in [3.63, 3.8) is 0 Å². The summed E-state index contributed by atoms with van der Waals surface area (Å²) in [6.07, 6.45) is 6.18. The van der Waals surface area contributed by atoms with Crippen molar-refractivity contribution < 1.29 is 0 Å². The Kier molecular flexibility index (Phi) is 6.99. The maximum atomic E-state index is 8.82. The molecule has 2 heterocycles. The summed E-state index contributed by atoms with van der Waals surface area (Å²) in [5.74, 6) is 1.86. The molecule has 2 aliphatic rings. The van der Waals surface area contributed by atoms with Crippen LogP contribution >= 0.6 is 0 Å². The highest BCUT2D eigenvalue weighted by Gasteiger charge is 2.20. The Bertz CT molecular complexity index is 868. The van der Waals surface area contributed by atoms with E-state index in [-0.39, 0.29) is 0 Å². The first kappa shape index (κ1) is 21.5. The molecule has 2 fully saturated rings. The van der Waals surface area contributed by atoms with Crippen molar-refractivity contribution in [3.8, 4) is 0 Å². The van der Waals surface area contributed by atoms with Gasteiger partial charge in [0.05, 0.1) is 11.3 Å². The second kappa shape index (κ2) is 10.1. The lowest BCUT2D eigenvalue weighted by Gasteiger charge is -2.29. The highest BCUT2D eigenvalue weighted by molar-refractivity contribution is 6.13. The minimum atomic E-state index is 0.346. The minimum Gasteiger partial charge on any atom is -0.369 e. The van der Waals surface area contributed by atoms with Crippen LogP contribution in [-0.4, -0.2) is 61.5 Å². The van der Waals surface area contributed by atoms with E-state index in [9.17, 15) is 0 Å². The normalized spacial score (nSPS) is 21.5. The fraction of sp³-hybridized carbons (Fsp3) is 0.522. The Morgan fingerprint density at radius 3 is 2.55 bits per heavy atom. The zero-order chi connectivity index (χ0) is 21.6. The van der Waals surface area contributed by atoms with Gasteiger partial charge in [-0.2, -0.15) is 4.98 Å². The van der Waals surface area contributed by atoms with Gasteiger partial charge in [0.1, 0.15) is 5.82 Å². The van der Waals surface area contributed by atoms with Crippen molar-refractivity contribution in [3.05, 3.63) is 41.6 Å². The summed E-state index contributed by atoms with van der Waals surface area (Å²) in [5, 5.41) is 18.7. The third-order valence-electron chi connectivity index (χ3n) is 6.37. The molecule has 1 aromatic carbocycles. The van der Waals surface area contributed by atoms with Crippen molar-refractivity contribution in [2.45, 2.75) is 31.7 Å². The molecule has 0 unspecified atom stereocenters. The number of nitrogens with two attached hydrogens (primary N) is 1. The molecule has 0 spiro atoms. The molecular weight excluding hydrogens is 388 g/mol. The maximum Gasteiger partial charge on any atom is 0.224 e. The Labute approximate surface area is 184 Å². The lowest BCUT2D eigenvalue weighted by Crippen LogP contribution is -2.43. The SMILES string of the molecule is CNc1ncc(C(=N)c2ccc(N3CCNCC3)cc2)c(NCC2CCC(N)CC2)n1. The van der Waals surface area contributed by atoms with Gasteiger partial charge < -0.3 is 26.6 Å². The second-order valence-electron chi connectivity index (χ2n) is 8.53. The van der Waals surface area contributed by atoms with E-state index in [4.69, 9.17) is 11.1 Å². The largest absolute Gasteiger partial charge is 0.369 e. The van der Waals surface area contributed by atoms with Crippen LogP contribution in [0, 0.1) is 11.3 Å². The number of nitrogens with one attached hydrogen (secondary N) is 4. The van der Waals surface area contributed by atoms with Crippen molar-refractivity contribution in [1.29, 1.82) is 5.41 Å². The summed E-state index contributed by atoms with van der Waals surface area (Å²) in [6.45, 7) is 4.88. The molecule has 8 heteroatoms. The standard InChI is InChI=1S/C23H34N8/c1-26-23-29-15-20(22(30-23)28-14-16-2-6-18(24)7-3-16)21(25)17-4-8-19(9-5-17)31-12-10-27-11-13-31/h4-5,8-9,15-16,18,25,27H,2-3,6-7,10-14,24H2,1H3,(H2,26,28,29,30). The van der Waals surface area contributed by atoms with E-state index >= 15 is 0 Å². The average Bonchev–Trinajstić information content (AvgIpc) is 2.84. The number of anilines is 3. The molecule has 2 aromatic rings. The van der Waals surface area contributed by atoms with Gasteiger partial charge in [-0.05, 0) is 43.7 Å². The molecule has 1 aliphatic heterocycles. The second-order valence-corrected chi connectivity index (χ2v) is 8.53. The van der Waals surface area contributed by atoms with Crippen molar-refractivity contribution in [2.75, 3.05) is 55.3 Å². The number of aromatic nitrogens is 2. The van der Waals surface area contributed by atoms with Gasteiger partial charge in [-0.1, -0.05) is 12.1 Å². The predicted molar refractivity (Wildman–Crippen MR) is 127 cm³/mol. The molecule has 4 rings (SSSR count). The molecule has 8 nitrogen and oxygen atoms in total. The van der Waals surface area contributed by atoms with Crippen LogP contribution < -0.4 is 26.6 Å². The first-order valence-electron chi connectivity index (χ1n) is 11.3. The summed E-state index contributed by atoms with van der Waals surface area (Å²) in [5.41, 5.74) is 9.27. The first-order valence-corrected chi connectivity index (χ1v) is 11.3. The van der Waals surface area contributed by atoms with E-state index in [1.165, 1.54) is 5.69 Å². The van der Waals surface area contributed by atoms with E-state index in [0.29, 0.717) is 29.4 Å². The lowest BCUT2D eigenvalue weighted by atomic mass is 9.86. The summed E-state index contributed by atoms with van der Waals surface area (Å²) in [4.78, 5) is 11.4. The van der Waals surface area contributed by atoms with E-state index in [1.807, 2.05) is 19.2 Å². The fourth-order valence-electron chi connectivity index (χ4n) is 4.37. The summed E-state index contributed by atoms with van der Waals surface area (Å²) < 4.78 is 0. The quantitative estimate of drug-likeness (QED) is 0.435. The zero-order valence-electron chi connectivity index (χ0n) is 18.3. The molecule has 1 saturated carbocycles. The van der Waals surface area contributed by atoms with Crippen LogP contribution in [0.4, 0.5) is 17.5 Å². The predicted octanol–water partition coefficient (Wildman–Crippen LogP) is 2.27. The van der Waals surface area contributed by atoms with E-state index in [0.717, 1.165) is 69.5 Å². The third-order valence-corrected chi connectivity index (χ3v) is 6.37. The Morgan fingerprint density at radius 2 is 1.87 bits per heavy atom. The Morgan fingerprint density at radius 1 is 1.16 bits per heavy atom. The van der Waals surface area contributed by atoms with Gasteiger partial charge in [-0.25, -0.2) is 4.98 Å². The number of hydrogen-bond donors (Lipinski definition) is 5. The summed E-state index contributed by atoms with van der Waals surface area (Å²) >= 11 is 0. The van der Waals surface area contributed by atoms with Crippen molar-refractivity contribution in [2.24, 2.45) is 11.7 Å².